The summed E-state index contributed by atoms with van der Waals surface area (Å²) in [5.74, 6) is 2.90. The van der Waals surface area contributed by atoms with Crippen molar-refractivity contribution in [2.24, 2.45) is 0 Å². The molecule has 0 spiro atoms. The van der Waals surface area contributed by atoms with Crippen molar-refractivity contribution in [3.05, 3.63) is 11.2 Å². The lowest BCUT2D eigenvalue weighted by Gasteiger charge is -2.25. The van der Waals surface area contributed by atoms with E-state index in [-0.39, 0.29) is 0 Å². The van der Waals surface area contributed by atoms with E-state index in [2.05, 4.69) is 10.00 Å². The molecule has 0 amide bonds. The van der Waals surface area contributed by atoms with E-state index in [0.717, 1.165) is 13.1 Å². The van der Waals surface area contributed by atoms with E-state index in [9.17, 15) is 0 Å². The molecule has 0 bridgehead atoms. The van der Waals surface area contributed by atoms with Gasteiger partial charge in [0, 0.05) is 37.3 Å². The van der Waals surface area contributed by atoms with Crippen LogP contribution in [0.15, 0.2) is 6.20 Å². The molecule has 1 aliphatic heterocycles. The average molecular weight is 247 g/mol. The molecule has 1 aromatic rings. The molecule has 2 rings (SSSR count). The predicted molar refractivity (Wildman–Crippen MR) is 65.4 cm³/mol. The van der Waals surface area contributed by atoms with Gasteiger partial charge >= 0.3 is 0 Å². The van der Waals surface area contributed by atoms with Gasteiger partial charge in [-0.05, 0) is 0 Å². The van der Waals surface area contributed by atoms with Crippen LogP contribution in [0.5, 0.6) is 0 Å². The monoisotopic (exact) mass is 246 g/mol. The molecule has 1 aliphatic rings. The highest BCUT2D eigenvalue weighted by Crippen LogP contribution is 2.15. The van der Waals surface area contributed by atoms with Gasteiger partial charge in [-0.1, -0.05) is 11.6 Å². The van der Waals surface area contributed by atoms with Crippen molar-refractivity contribution in [3.63, 3.8) is 0 Å². The van der Waals surface area contributed by atoms with Crippen LogP contribution in [-0.4, -0.2) is 45.8 Å². The number of nitrogen functional groups attached to an aromatic ring is 1. The Balaban J connectivity index is 1.81. The Bertz CT molecular complexity index is 302. The number of halogens is 1. The molecular weight excluding hydrogens is 232 g/mol. The Hall–Kier alpha value is -0.390. The van der Waals surface area contributed by atoms with Gasteiger partial charge in [-0.3, -0.25) is 9.58 Å². The summed E-state index contributed by atoms with van der Waals surface area (Å²) in [6, 6.07) is 0. The molecule has 0 aromatic carbocycles. The zero-order chi connectivity index (χ0) is 10.7. The zero-order valence-electron chi connectivity index (χ0n) is 8.53. The summed E-state index contributed by atoms with van der Waals surface area (Å²) >= 11 is 7.85. The van der Waals surface area contributed by atoms with Crippen molar-refractivity contribution in [1.29, 1.82) is 0 Å². The molecule has 0 saturated carbocycles. The number of anilines is 1. The van der Waals surface area contributed by atoms with Gasteiger partial charge in [-0.15, -0.1) is 0 Å². The topological polar surface area (TPSA) is 47.1 Å². The molecule has 2 N–H and O–H groups in total. The van der Waals surface area contributed by atoms with Crippen LogP contribution < -0.4 is 5.73 Å². The standard InChI is InChI=1S/C9H15ClN4S/c10-8-7-14(12-9(8)11)2-1-13-3-5-15-6-4-13/h7H,1-6H2,(H2,11,12). The molecule has 15 heavy (non-hydrogen) atoms. The highest BCUT2D eigenvalue weighted by Gasteiger charge is 2.10. The minimum atomic E-state index is 0.422. The van der Waals surface area contributed by atoms with Crippen molar-refractivity contribution in [2.45, 2.75) is 6.54 Å². The lowest BCUT2D eigenvalue weighted by molar-refractivity contribution is 0.284. The first-order chi connectivity index (χ1) is 7.25. The lowest BCUT2D eigenvalue weighted by atomic mass is 10.4. The zero-order valence-corrected chi connectivity index (χ0v) is 10.1. The fraction of sp³-hybridized carbons (Fsp3) is 0.667. The normalized spacial score (nSPS) is 18.2. The minimum absolute atomic E-state index is 0.422. The lowest BCUT2D eigenvalue weighted by Crippen LogP contribution is -2.35. The Morgan fingerprint density at radius 2 is 2.13 bits per heavy atom. The van der Waals surface area contributed by atoms with Crippen LogP contribution in [0, 0.1) is 0 Å². The van der Waals surface area contributed by atoms with E-state index in [1.165, 1.54) is 24.6 Å². The first-order valence-corrected chi connectivity index (χ1v) is 6.57. The molecule has 1 fully saturated rings. The number of aromatic nitrogens is 2. The van der Waals surface area contributed by atoms with Crippen molar-refractivity contribution in [3.8, 4) is 0 Å². The van der Waals surface area contributed by atoms with Crippen LogP contribution in [0.1, 0.15) is 0 Å². The number of thioether (sulfide) groups is 1. The van der Waals surface area contributed by atoms with E-state index in [4.69, 9.17) is 17.3 Å². The third kappa shape index (κ3) is 3.03. The molecule has 0 atom stereocenters. The maximum atomic E-state index is 5.83. The second kappa shape index (κ2) is 5.09. The van der Waals surface area contributed by atoms with Crippen LogP contribution in [-0.2, 0) is 6.54 Å². The smallest absolute Gasteiger partial charge is 0.164 e. The molecule has 1 aromatic heterocycles. The van der Waals surface area contributed by atoms with Crippen LogP contribution in [0.25, 0.3) is 0 Å². The molecule has 0 unspecified atom stereocenters. The summed E-state index contributed by atoms with van der Waals surface area (Å²) in [6.45, 7) is 4.24. The maximum Gasteiger partial charge on any atom is 0.164 e. The molecule has 4 nitrogen and oxygen atoms in total. The fourth-order valence-electron chi connectivity index (χ4n) is 1.60. The van der Waals surface area contributed by atoms with Crippen molar-refractivity contribution in [1.82, 2.24) is 14.7 Å². The van der Waals surface area contributed by atoms with E-state index in [1.807, 2.05) is 16.4 Å². The van der Waals surface area contributed by atoms with Crippen LogP contribution >= 0.6 is 23.4 Å². The van der Waals surface area contributed by atoms with Gasteiger partial charge in [-0.2, -0.15) is 16.9 Å². The highest BCUT2D eigenvalue weighted by molar-refractivity contribution is 7.99. The second-order valence-corrected chi connectivity index (χ2v) is 5.21. The van der Waals surface area contributed by atoms with Crippen molar-refractivity contribution >= 4 is 29.2 Å². The van der Waals surface area contributed by atoms with Crippen LogP contribution in [0.4, 0.5) is 5.82 Å². The Morgan fingerprint density at radius 1 is 1.40 bits per heavy atom. The van der Waals surface area contributed by atoms with Gasteiger partial charge in [0.05, 0.1) is 6.54 Å². The Kier molecular flexibility index (Phi) is 3.77. The minimum Gasteiger partial charge on any atom is -0.381 e. The third-order valence-corrected chi connectivity index (χ3v) is 3.73. The summed E-state index contributed by atoms with van der Waals surface area (Å²) in [7, 11) is 0. The quantitative estimate of drug-likeness (QED) is 0.870. The first kappa shape index (κ1) is 11.1. The number of hydrogen-bond donors (Lipinski definition) is 1. The first-order valence-electron chi connectivity index (χ1n) is 5.04. The van der Waals surface area contributed by atoms with Gasteiger partial charge in [0.1, 0.15) is 5.02 Å². The average Bonchev–Trinajstić information content (AvgIpc) is 2.57. The van der Waals surface area contributed by atoms with E-state index in [0.29, 0.717) is 10.8 Å². The largest absolute Gasteiger partial charge is 0.381 e. The number of nitrogens with zero attached hydrogens (tertiary/aromatic N) is 3. The molecule has 0 aliphatic carbocycles. The summed E-state index contributed by atoms with van der Waals surface area (Å²) in [6.07, 6.45) is 1.79. The number of nitrogens with two attached hydrogens (primary N) is 1. The van der Waals surface area contributed by atoms with Crippen LogP contribution in [0.3, 0.4) is 0 Å². The SMILES string of the molecule is Nc1nn(CCN2CCSCC2)cc1Cl. The van der Waals surface area contributed by atoms with Gasteiger partial charge in [0.15, 0.2) is 5.82 Å². The molecule has 0 radical (unpaired) electrons. The van der Waals surface area contributed by atoms with Crippen molar-refractivity contribution in [2.75, 3.05) is 36.9 Å². The van der Waals surface area contributed by atoms with Gasteiger partial charge in [0.25, 0.3) is 0 Å². The molecule has 84 valence electrons. The van der Waals surface area contributed by atoms with E-state index < -0.39 is 0 Å². The molecule has 2 heterocycles. The summed E-state index contributed by atoms with van der Waals surface area (Å²) < 4.78 is 1.82. The molecule has 6 heteroatoms. The van der Waals surface area contributed by atoms with Gasteiger partial charge in [0.2, 0.25) is 0 Å². The summed E-state index contributed by atoms with van der Waals surface area (Å²) in [5.41, 5.74) is 5.57. The third-order valence-electron chi connectivity index (χ3n) is 2.49. The highest BCUT2D eigenvalue weighted by atomic mass is 35.5. The summed E-state index contributed by atoms with van der Waals surface area (Å²) in [4.78, 5) is 2.45. The van der Waals surface area contributed by atoms with Gasteiger partial charge < -0.3 is 5.73 Å². The predicted octanol–water partition coefficient (Wildman–Crippen LogP) is 1.17. The maximum absolute atomic E-state index is 5.83. The summed E-state index contributed by atoms with van der Waals surface area (Å²) in [5, 5.41) is 4.67. The molecular formula is C9H15ClN4S. The molecule has 1 saturated heterocycles. The van der Waals surface area contributed by atoms with E-state index in [1.54, 1.807) is 6.20 Å². The fourth-order valence-corrected chi connectivity index (χ4v) is 2.72. The van der Waals surface area contributed by atoms with Gasteiger partial charge in [-0.25, -0.2) is 0 Å². The van der Waals surface area contributed by atoms with E-state index >= 15 is 0 Å². The second-order valence-electron chi connectivity index (χ2n) is 3.58. The van der Waals surface area contributed by atoms with Crippen molar-refractivity contribution < 1.29 is 0 Å². The number of hydrogen-bond acceptors (Lipinski definition) is 4. The van der Waals surface area contributed by atoms with Crippen LogP contribution in [0.2, 0.25) is 5.02 Å². The number of rotatable bonds is 3. The Labute approximate surface area is 98.7 Å². The Morgan fingerprint density at radius 3 is 2.73 bits per heavy atom.